The highest BCUT2D eigenvalue weighted by Gasteiger charge is 2.21. The van der Waals surface area contributed by atoms with E-state index < -0.39 is 17.7 Å². The summed E-state index contributed by atoms with van der Waals surface area (Å²) < 4.78 is 27.9. The van der Waals surface area contributed by atoms with Crippen LogP contribution in [0, 0.1) is 11.6 Å². The first kappa shape index (κ1) is 12.0. The van der Waals surface area contributed by atoms with E-state index in [0.29, 0.717) is 5.15 Å². The van der Waals surface area contributed by atoms with Gasteiger partial charge in [-0.3, -0.25) is 0 Å². The fourth-order valence-electron chi connectivity index (χ4n) is 1.53. The van der Waals surface area contributed by atoms with Crippen molar-refractivity contribution in [2.24, 2.45) is 7.05 Å². The van der Waals surface area contributed by atoms with Crippen LogP contribution >= 0.6 is 11.6 Å². The Bertz CT molecular complexity index is 556. The molecule has 0 amide bonds. The number of rotatable bonds is 2. The minimum absolute atomic E-state index is 0.152. The van der Waals surface area contributed by atoms with Crippen LogP contribution in [0.2, 0.25) is 5.15 Å². The molecule has 1 atom stereocenters. The molecule has 1 heterocycles. The van der Waals surface area contributed by atoms with Gasteiger partial charge in [0.2, 0.25) is 0 Å². The molecule has 1 aromatic carbocycles. The molecule has 0 spiro atoms. The van der Waals surface area contributed by atoms with Crippen LogP contribution in [-0.4, -0.2) is 14.7 Å². The quantitative estimate of drug-likeness (QED) is 0.898. The first-order valence-electron chi connectivity index (χ1n) is 4.81. The maximum atomic E-state index is 13.5. The largest absolute Gasteiger partial charge is 0.380 e. The van der Waals surface area contributed by atoms with E-state index in [-0.39, 0.29) is 11.4 Å². The Morgan fingerprint density at radius 2 is 2.12 bits per heavy atom. The van der Waals surface area contributed by atoms with Gasteiger partial charge in [-0.15, -0.1) is 0 Å². The van der Waals surface area contributed by atoms with Crippen LogP contribution in [0.1, 0.15) is 17.5 Å². The van der Waals surface area contributed by atoms with E-state index in [9.17, 15) is 13.9 Å². The second-order valence-corrected chi connectivity index (χ2v) is 3.93. The lowest BCUT2D eigenvalue weighted by molar-refractivity contribution is 0.199. The molecular formula is C11H9ClF2N2O. The van der Waals surface area contributed by atoms with Crippen LogP contribution in [0.15, 0.2) is 24.4 Å². The summed E-state index contributed by atoms with van der Waals surface area (Å²) in [6.07, 6.45) is -0.0275. The summed E-state index contributed by atoms with van der Waals surface area (Å²) in [5, 5.41) is 10.2. The molecule has 0 aliphatic rings. The van der Waals surface area contributed by atoms with Crippen LogP contribution < -0.4 is 0 Å². The lowest BCUT2D eigenvalue weighted by Crippen LogP contribution is -2.10. The van der Waals surface area contributed by atoms with Crippen molar-refractivity contribution in [3.63, 3.8) is 0 Å². The predicted octanol–water partition coefficient (Wildman–Crippen LogP) is 2.43. The molecule has 2 rings (SSSR count). The number of aliphatic hydroxyl groups is 1. The highest BCUT2D eigenvalue weighted by Crippen LogP contribution is 2.25. The van der Waals surface area contributed by atoms with Crippen molar-refractivity contribution in [2.75, 3.05) is 0 Å². The molecule has 2 aromatic rings. The molecule has 0 aliphatic heterocycles. The van der Waals surface area contributed by atoms with E-state index in [1.165, 1.54) is 22.9 Å². The fraction of sp³-hybridized carbons (Fsp3) is 0.182. The zero-order valence-electron chi connectivity index (χ0n) is 8.86. The molecule has 1 N–H and O–H groups in total. The predicted molar refractivity (Wildman–Crippen MR) is 58.6 cm³/mol. The van der Waals surface area contributed by atoms with Gasteiger partial charge in [0.05, 0.1) is 6.20 Å². The van der Waals surface area contributed by atoms with Gasteiger partial charge in [-0.1, -0.05) is 23.7 Å². The Morgan fingerprint density at radius 3 is 2.71 bits per heavy atom. The van der Waals surface area contributed by atoms with Gasteiger partial charge in [-0.25, -0.2) is 13.8 Å². The number of imidazole rings is 1. The molecule has 6 heteroatoms. The summed E-state index contributed by atoms with van der Waals surface area (Å²) in [7, 11) is 1.57. The van der Waals surface area contributed by atoms with Crippen LogP contribution in [0.3, 0.4) is 0 Å². The molecular weight excluding hydrogens is 250 g/mol. The second-order valence-electron chi connectivity index (χ2n) is 3.54. The lowest BCUT2D eigenvalue weighted by atomic mass is 10.1. The molecule has 0 aliphatic carbocycles. The van der Waals surface area contributed by atoms with E-state index >= 15 is 0 Å². The first-order chi connectivity index (χ1) is 8.02. The van der Waals surface area contributed by atoms with Crippen LogP contribution in [0.5, 0.6) is 0 Å². The van der Waals surface area contributed by atoms with Gasteiger partial charge in [0.1, 0.15) is 17.1 Å². The van der Waals surface area contributed by atoms with E-state index in [1.54, 1.807) is 7.05 Å². The Hall–Kier alpha value is -1.46. The van der Waals surface area contributed by atoms with Crippen molar-refractivity contribution in [3.05, 3.63) is 52.6 Å². The number of hydrogen-bond acceptors (Lipinski definition) is 2. The standard InChI is InChI=1S/C11H9ClF2N2O/c1-16-8(12)5-15-11(16)10(17)6-3-2-4-7(13)9(6)14/h2-5,10,17H,1H3. The third-order valence-electron chi connectivity index (χ3n) is 2.49. The topological polar surface area (TPSA) is 38.0 Å². The van der Waals surface area contributed by atoms with Gasteiger partial charge in [-0.05, 0) is 6.07 Å². The number of hydrogen-bond donors (Lipinski definition) is 1. The summed E-state index contributed by atoms with van der Waals surface area (Å²) in [6, 6.07) is 3.60. The number of halogens is 3. The van der Waals surface area contributed by atoms with Crippen molar-refractivity contribution < 1.29 is 13.9 Å². The summed E-state index contributed by atoms with van der Waals surface area (Å²) >= 11 is 5.75. The number of aliphatic hydroxyl groups excluding tert-OH is 1. The summed E-state index contributed by atoms with van der Waals surface area (Å²) in [6.45, 7) is 0. The average Bonchev–Trinajstić information content (AvgIpc) is 2.63. The van der Waals surface area contributed by atoms with E-state index in [4.69, 9.17) is 11.6 Å². The molecule has 90 valence electrons. The third-order valence-corrected chi connectivity index (χ3v) is 2.84. The van der Waals surface area contributed by atoms with Gasteiger partial charge < -0.3 is 9.67 Å². The minimum atomic E-state index is -1.36. The molecule has 0 saturated carbocycles. The summed E-state index contributed by atoms with van der Waals surface area (Å²) in [4.78, 5) is 3.85. The Kier molecular flexibility index (Phi) is 3.13. The molecule has 1 aromatic heterocycles. The van der Waals surface area contributed by atoms with Crippen LogP contribution in [0.4, 0.5) is 8.78 Å². The van der Waals surface area contributed by atoms with Crippen molar-refractivity contribution in [1.29, 1.82) is 0 Å². The SMILES string of the molecule is Cn1c(Cl)cnc1C(O)c1cccc(F)c1F. The van der Waals surface area contributed by atoms with E-state index in [0.717, 1.165) is 6.07 Å². The lowest BCUT2D eigenvalue weighted by Gasteiger charge is -2.12. The molecule has 1 unspecified atom stereocenters. The first-order valence-corrected chi connectivity index (χ1v) is 5.19. The minimum Gasteiger partial charge on any atom is -0.380 e. The molecule has 17 heavy (non-hydrogen) atoms. The summed E-state index contributed by atoms with van der Waals surface area (Å²) in [5.41, 5.74) is -0.171. The van der Waals surface area contributed by atoms with Gasteiger partial charge in [0.25, 0.3) is 0 Å². The second kappa shape index (κ2) is 4.43. The zero-order valence-corrected chi connectivity index (χ0v) is 9.62. The number of aromatic nitrogens is 2. The van der Waals surface area contributed by atoms with E-state index in [1.807, 2.05) is 0 Å². The Balaban J connectivity index is 2.47. The average molecular weight is 259 g/mol. The maximum Gasteiger partial charge on any atom is 0.165 e. The Morgan fingerprint density at radius 1 is 1.41 bits per heavy atom. The van der Waals surface area contributed by atoms with Gasteiger partial charge in [0, 0.05) is 12.6 Å². The van der Waals surface area contributed by atoms with Crippen LogP contribution in [-0.2, 0) is 7.05 Å². The normalized spacial score (nSPS) is 12.8. The zero-order chi connectivity index (χ0) is 12.6. The van der Waals surface area contributed by atoms with Crippen molar-refractivity contribution >= 4 is 11.6 Å². The highest BCUT2D eigenvalue weighted by molar-refractivity contribution is 6.29. The van der Waals surface area contributed by atoms with Crippen LogP contribution in [0.25, 0.3) is 0 Å². The highest BCUT2D eigenvalue weighted by atomic mass is 35.5. The van der Waals surface area contributed by atoms with Gasteiger partial charge in [0.15, 0.2) is 11.6 Å². The third kappa shape index (κ3) is 2.03. The Labute approximate surface area is 101 Å². The van der Waals surface area contributed by atoms with Crippen molar-refractivity contribution in [3.8, 4) is 0 Å². The number of benzene rings is 1. The van der Waals surface area contributed by atoms with Gasteiger partial charge in [-0.2, -0.15) is 0 Å². The maximum absolute atomic E-state index is 13.5. The monoisotopic (exact) mass is 258 g/mol. The van der Waals surface area contributed by atoms with E-state index in [2.05, 4.69) is 4.98 Å². The molecule has 0 bridgehead atoms. The molecule has 0 fully saturated rings. The summed E-state index contributed by atoms with van der Waals surface area (Å²) in [5.74, 6) is -1.94. The van der Waals surface area contributed by atoms with Crippen molar-refractivity contribution in [2.45, 2.75) is 6.10 Å². The van der Waals surface area contributed by atoms with Gasteiger partial charge >= 0.3 is 0 Å². The number of nitrogens with zero attached hydrogens (tertiary/aromatic N) is 2. The molecule has 0 saturated heterocycles. The molecule has 3 nitrogen and oxygen atoms in total. The van der Waals surface area contributed by atoms with Crippen molar-refractivity contribution in [1.82, 2.24) is 9.55 Å². The fourth-order valence-corrected chi connectivity index (χ4v) is 1.66. The molecule has 0 radical (unpaired) electrons. The smallest absolute Gasteiger partial charge is 0.165 e.